The third kappa shape index (κ3) is 7.24. The molecule has 3 aromatic carbocycles. The number of aromatic hydroxyl groups is 1. The number of hydrogen-bond acceptors (Lipinski definition) is 8. The van der Waals surface area contributed by atoms with E-state index in [1.165, 1.54) is 37.6 Å². The fourth-order valence-electron chi connectivity index (χ4n) is 5.49. The van der Waals surface area contributed by atoms with Gasteiger partial charge in [0.15, 0.2) is 23.1 Å². The normalized spacial score (nSPS) is 13.9. The van der Waals surface area contributed by atoms with Crippen LogP contribution < -0.4 is 19.9 Å². The van der Waals surface area contributed by atoms with Crippen molar-refractivity contribution in [3.8, 4) is 34.6 Å². The van der Waals surface area contributed by atoms with Gasteiger partial charge in [-0.15, -0.1) is 0 Å². The lowest BCUT2D eigenvalue weighted by atomic mass is 10.1. The Morgan fingerprint density at radius 2 is 1.79 bits per heavy atom. The molecule has 0 aliphatic carbocycles. The van der Waals surface area contributed by atoms with Crippen LogP contribution in [0, 0.1) is 5.82 Å². The van der Waals surface area contributed by atoms with Gasteiger partial charge in [0, 0.05) is 43.4 Å². The summed E-state index contributed by atoms with van der Waals surface area (Å²) in [5.41, 5.74) is -0.917. The first kappa shape index (κ1) is 32.8. The van der Waals surface area contributed by atoms with Crippen LogP contribution in [-0.2, 0) is 17.5 Å². The monoisotopic (exact) mass is 668 g/mol. The van der Waals surface area contributed by atoms with Crippen molar-refractivity contribution in [3.05, 3.63) is 100 Å². The molecule has 10 nitrogen and oxygen atoms in total. The number of ether oxygens (including phenoxy) is 4. The van der Waals surface area contributed by atoms with E-state index >= 15 is 4.39 Å². The van der Waals surface area contributed by atoms with Crippen molar-refractivity contribution in [1.82, 2.24) is 19.0 Å². The fraction of sp³-hybridized carbons (Fsp3) is 0.294. The highest BCUT2D eigenvalue weighted by atomic mass is 19.4. The molecule has 1 aliphatic heterocycles. The van der Waals surface area contributed by atoms with Gasteiger partial charge >= 0.3 is 11.9 Å². The Morgan fingerprint density at radius 3 is 2.54 bits per heavy atom. The number of nitrogens with zero attached hydrogens (tertiary/aromatic N) is 4. The molecule has 0 saturated carbocycles. The Labute approximate surface area is 272 Å². The topological polar surface area (TPSA) is 100 Å². The van der Waals surface area contributed by atoms with Gasteiger partial charge < -0.3 is 24.1 Å². The minimum absolute atomic E-state index is 0.0122. The third-order valence-electron chi connectivity index (χ3n) is 7.91. The maximum Gasteiger partial charge on any atom is 0.416 e. The van der Waals surface area contributed by atoms with E-state index in [1.807, 2.05) is 0 Å². The lowest BCUT2D eigenvalue weighted by Crippen LogP contribution is -2.37. The lowest BCUT2D eigenvalue weighted by molar-refractivity contribution is -0.137. The van der Waals surface area contributed by atoms with E-state index in [2.05, 4.69) is 9.88 Å². The molecular formula is C34H32F4N4O6. The second-order valence-electron chi connectivity index (χ2n) is 11.1. The third-order valence-corrected chi connectivity index (χ3v) is 7.91. The van der Waals surface area contributed by atoms with Gasteiger partial charge in [0.05, 0.1) is 56.4 Å². The van der Waals surface area contributed by atoms with Gasteiger partial charge in [0.2, 0.25) is 5.88 Å². The predicted molar refractivity (Wildman–Crippen MR) is 168 cm³/mol. The van der Waals surface area contributed by atoms with Gasteiger partial charge in [-0.3, -0.25) is 14.5 Å². The van der Waals surface area contributed by atoms with Crippen LogP contribution in [0.15, 0.2) is 77.9 Å². The Kier molecular flexibility index (Phi) is 9.55. The summed E-state index contributed by atoms with van der Waals surface area (Å²) in [4.78, 5) is 19.8. The second kappa shape index (κ2) is 14.0. The Balaban J connectivity index is 1.18. The highest BCUT2D eigenvalue weighted by molar-refractivity contribution is 5.88. The summed E-state index contributed by atoms with van der Waals surface area (Å²) in [6, 6.07) is 13.2. The van der Waals surface area contributed by atoms with E-state index in [0.717, 1.165) is 72.8 Å². The number of hydrogen-bond donors (Lipinski definition) is 1. The summed E-state index contributed by atoms with van der Waals surface area (Å²) < 4.78 is 79.6. The minimum atomic E-state index is -4.55. The van der Waals surface area contributed by atoms with Gasteiger partial charge in [0.1, 0.15) is 5.75 Å². The number of methoxy groups -OCH3 is 1. The van der Waals surface area contributed by atoms with Crippen LogP contribution in [0.2, 0.25) is 0 Å². The number of fused-ring (bicyclic) bond motifs is 1. The molecule has 0 atom stereocenters. The summed E-state index contributed by atoms with van der Waals surface area (Å²) in [7, 11) is 1.52. The molecule has 48 heavy (non-hydrogen) atoms. The number of pyridine rings is 1. The number of aromatic nitrogens is 3. The number of alkyl halides is 3. The Morgan fingerprint density at radius 1 is 0.979 bits per heavy atom. The van der Waals surface area contributed by atoms with Gasteiger partial charge in [-0.25, -0.2) is 13.8 Å². The zero-order chi connectivity index (χ0) is 33.8. The first-order valence-electron chi connectivity index (χ1n) is 15.2. The Bertz CT molecular complexity index is 1970. The number of morpholine rings is 1. The van der Waals surface area contributed by atoms with Gasteiger partial charge in [-0.05, 0) is 48.4 Å². The Hall–Kier alpha value is -5.08. The van der Waals surface area contributed by atoms with Crippen molar-refractivity contribution in [1.29, 1.82) is 0 Å². The first-order chi connectivity index (χ1) is 23.1. The highest BCUT2D eigenvalue weighted by Crippen LogP contribution is 2.38. The molecule has 1 aliphatic rings. The van der Waals surface area contributed by atoms with E-state index in [4.69, 9.17) is 18.9 Å². The first-order valence-corrected chi connectivity index (χ1v) is 15.2. The lowest BCUT2D eigenvalue weighted by Gasteiger charge is -2.26. The van der Waals surface area contributed by atoms with Crippen molar-refractivity contribution >= 4 is 10.9 Å². The molecule has 0 amide bonds. The average molecular weight is 669 g/mol. The quantitative estimate of drug-likeness (QED) is 0.135. The molecular weight excluding hydrogens is 636 g/mol. The summed E-state index contributed by atoms with van der Waals surface area (Å²) in [5, 5.41) is 11.1. The van der Waals surface area contributed by atoms with Gasteiger partial charge in [0.25, 0.3) is 0 Å². The standard InChI is InChI=1S/C34H32F4N4O6/c1-45-30-18-25-27(19-31(30)47-13-3-10-40-11-14-46-15-12-40)39-9-8-28(25)48-29-7-6-24(17-26(29)35)42-32(43)21-41(33(42)44)20-22-4-2-5-23(16-22)34(36,37)38/h2,4-9,16-19,21,43H,3,10-15,20H2,1H3. The number of halogens is 4. The summed E-state index contributed by atoms with van der Waals surface area (Å²) >= 11 is 0. The van der Waals surface area contributed by atoms with Crippen LogP contribution in [0.3, 0.4) is 0 Å². The zero-order valence-electron chi connectivity index (χ0n) is 25.9. The molecule has 3 heterocycles. The van der Waals surface area contributed by atoms with Crippen molar-refractivity contribution in [2.75, 3.05) is 46.6 Å². The van der Waals surface area contributed by atoms with Crippen LogP contribution in [0.1, 0.15) is 17.5 Å². The molecule has 0 radical (unpaired) electrons. The maximum atomic E-state index is 15.4. The fourth-order valence-corrected chi connectivity index (χ4v) is 5.49. The van der Waals surface area contributed by atoms with Crippen molar-refractivity contribution < 1.29 is 41.6 Å². The molecule has 0 bridgehead atoms. The smallest absolute Gasteiger partial charge is 0.416 e. The molecule has 1 saturated heterocycles. The SMILES string of the molecule is COc1cc2c(Oc3ccc(-n4c(O)cn(Cc5cccc(C(F)(F)F)c5)c4=O)cc3F)ccnc2cc1OCCCN1CCOCC1. The molecule has 5 aromatic rings. The largest absolute Gasteiger partial charge is 0.493 e. The van der Waals surface area contributed by atoms with Crippen LogP contribution in [0.5, 0.6) is 28.9 Å². The molecule has 252 valence electrons. The van der Waals surface area contributed by atoms with E-state index in [1.54, 1.807) is 18.2 Å². The predicted octanol–water partition coefficient (Wildman–Crippen LogP) is 6.00. The van der Waals surface area contributed by atoms with Crippen molar-refractivity contribution in [3.63, 3.8) is 0 Å². The van der Waals surface area contributed by atoms with E-state index < -0.39 is 29.1 Å². The molecule has 14 heteroatoms. The van der Waals surface area contributed by atoms with Gasteiger partial charge in [-0.2, -0.15) is 13.2 Å². The maximum absolute atomic E-state index is 15.4. The van der Waals surface area contributed by atoms with Gasteiger partial charge in [-0.1, -0.05) is 12.1 Å². The summed E-state index contributed by atoms with van der Waals surface area (Å²) in [6.45, 7) is 4.38. The zero-order valence-corrected chi connectivity index (χ0v) is 25.9. The average Bonchev–Trinajstić information content (AvgIpc) is 3.35. The van der Waals surface area contributed by atoms with Crippen LogP contribution in [0.4, 0.5) is 17.6 Å². The van der Waals surface area contributed by atoms with Crippen LogP contribution in [0.25, 0.3) is 16.6 Å². The number of benzene rings is 3. The second-order valence-corrected chi connectivity index (χ2v) is 11.1. The summed E-state index contributed by atoms with van der Waals surface area (Å²) in [6.07, 6.45) is -1.14. The molecule has 6 rings (SSSR count). The number of rotatable bonds is 11. The van der Waals surface area contributed by atoms with E-state index in [9.17, 15) is 23.1 Å². The molecule has 1 N–H and O–H groups in total. The summed E-state index contributed by atoms with van der Waals surface area (Å²) in [5.74, 6) is -0.266. The molecule has 1 fully saturated rings. The number of imidazole rings is 1. The van der Waals surface area contributed by atoms with E-state index in [0.29, 0.717) is 29.0 Å². The molecule has 0 unspecified atom stereocenters. The molecule has 2 aromatic heterocycles. The van der Waals surface area contributed by atoms with Crippen molar-refractivity contribution in [2.45, 2.75) is 19.1 Å². The van der Waals surface area contributed by atoms with Crippen molar-refractivity contribution in [2.24, 2.45) is 0 Å². The van der Waals surface area contributed by atoms with E-state index in [-0.39, 0.29) is 29.3 Å². The minimum Gasteiger partial charge on any atom is -0.493 e. The molecule has 0 spiro atoms. The highest BCUT2D eigenvalue weighted by Gasteiger charge is 2.30. The van der Waals surface area contributed by atoms with Crippen LogP contribution >= 0.6 is 0 Å². The van der Waals surface area contributed by atoms with Crippen LogP contribution in [-0.4, -0.2) is 70.7 Å².